The third-order valence-electron chi connectivity index (χ3n) is 3.21. The smallest absolute Gasteiger partial charge is 0.500 e. The first-order valence-corrected chi connectivity index (χ1v) is 10.0. The molecule has 6 heteroatoms. The maximum atomic E-state index is 11.8. The quantitative estimate of drug-likeness (QED) is 0.338. The van der Waals surface area contributed by atoms with Gasteiger partial charge in [0.2, 0.25) is 0 Å². The standard InChI is InChI=1S/C16H29NO4Si/c1-4-19-22(20-5-2,21-6-3)14-10-9-13-17-16(18)15-11-7-8-12-15/h7-8,11-12,17-18H,4-6,9-10,13-14H2,1-3H3/p-1. The molecule has 0 heterocycles. The molecule has 0 spiro atoms. The number of hydrogen-bond donors (Lipinski definition) is 1. The Kier molecular flexibility index (Phi) is 9.15. The van der Waals surface area contributed by atoms with Crippen LogP contribution in [-0.2, 0) is 13.3 Å². The van der Waals surface area contributed by atoms with Crippen molar-refractivity contribution in [2.45, 2.75) is 39.7 Å². The van der Waals surface area contributed by atoms with Crippen molar-refractivity contribution in [2.24, 2.45) is 0 Å². The molecule has 0 amide bonds. The van der Waals surface area contributed by atoms with Gasteiger partial charge in [-0.2, -0.15) is 0 Å². The molecule has 0 aromatic rings. The molecule has 1 aliphatic carbocycles. The van der Waals surface area contributed by atoms with Crippen LogP contribution in [-0.4, -0.2) is 35.2 Å². The fourth-order valence-corrected chi connectivity index (χ4v) is 4.98. The Morgan fingerprint density at radius 1 is 1.00 bits per heavy atom. The topological polar surface area (TPSA) is 62.8 Å². The van der Waals surface area contributed by atoms with Gasteiger partial charge in [-0.15, -0.1) is 0 Å². The summed E-state index contributed by atoms with van der Waals surface area (Å²) in [6, 6.07) is 0.786. The average Bonchev–Trinajstić information content (AvgIpc) is 3.02. The molecule has 0 bridgehead atoms. The monoisotopic (exact) mass is 326 g/mol. The Balaban J connectivity index is 2.34. The molecular formula is C16H28NO4Si-. The van der Waals surface area contributed by atoms with Crippen molar-refractivity contribution in [1.82, 2.24) is 5.32 Å². The SMILES string of the molecule is CCO[Si](CCCCNC([O-])=C1C=CC=C1)(OCC)OCC. The highest BCUT2D eigenvalue weighted by Gasteiger charge is 2.39. The van der Waals surface area contributed by atoms with Gasteiger partial charge in [0.05, 0.1) is 0 Å². The van der Waals surface area contributed by atoms with Crippen molar-refractivity contribution in [3.63, 3.8) is 0 Å². The summed E-state index contributed by atoms with van der Waals surface area (Å²) < 4.78 is 17.4. The van der Waals surface area contributed by atoms with Crippen molar-refractivity contribution in [1.29, 1.82) is 0 Å². The summed E-state index contributed by atoms with van der Waals surface area (Å²) >= 11 is 0. The summed E-state index contributed by atoms with van der Waals surface area (Å²) in [5, 5.41) is 14.7. The summed E-state index contributed by atoms with van der Waals surface area (Å²) in [5.41, 5.74) is 0.710. The van der Waals surface area contributed by atoms with E-state index in [9.17, 15) is 5.11 Å². The van der Waals surface area contributed by atoms with Gasteiger partial charge in [-0.3, -0.25) is 0 Å². The lowest BCUT2D eigenvalue weighted by Gasteiger charge is -2.28. The van der Waals surface area contributed by atoms with Crippen molar-refractivity contribution in [2.75, 3.05) is 26.4 Å². The van der Waals surface area contributed by atoms with E-state index in [-0.39, 0.29) is 5.88 Å². The van der Waals surface area contributed by atoms with Crippen LogP contribution in [0.3, 0.4) is 0 Å². The second-order valence-electron chi connectivity index (χ2n) is 4.87. The molecule has 1 rings (SSSR count). The van der Waals surface area contributed by atoms with Gasteiger partial charge in [0.25, 0.3) is 0 Å². The van der Waals surface area contributed by atoms with Gasteiger partial charge in [0.1, 0.15) is 0 Å². The first-order valence-electron chi connectivity index (χ1n) is 8.09. The minimum Gasteiger partial charge on any atom is -0.860 e. The Morgan fingerprint density at radius 3 is 2.05 bits per heavy atom. The van der Waals surface area contributed by atoms with Gasteiger partial charge in [-0.25, -0.2) is 0 Å². The zero-order chi connectivity index (χ0) is 16.3. The highest BCUT2D eigenvalue weighted by molar-refractivity contribution is 6.60. The van der Waals surface area contributed by atoms with Crippen LogP contribution in [0.1, 0.15) is 33.6 Å². The first-order chi connectivity index (χ1) is 10.7. The van der Waals surface area contributed by atoms with Crippen molar-refractivity contribution >= 4 is 8.80 Å². The zero-order valence-corrected chi connectivity index (χ0v) is 14.9. The zero-order valence-electron chi connectivity index (χ0n) is 13.9. The summed E-state index contributed by atoms with van der Waals surface area (Å²) in [6.07, 6.45) is 9.14. The third-order valence-corrected chi connectivity index (χ3v) is 6.36. The second-order valence-corrected chi connectivity index (χ2v) is 7.60. The number of hydrogen-bond acceptors (Lipinski definition) is 5. The Bertz CT molecular complexity index is 376. The van der Waals surface area contributed by atoms with E-state index in [0.717, 1.165) is 18.9 Å². The molecular weight excluding hydrogens is 298 g/mol. The molecule has 126 valence electrons. The second kappa shape index (κ2) is 10.6. The Morgan fingerprint density at radius 2 is 1.55 bits per heavy atom. The van der Waals surface area contributed by atoms with E-state index in [0.29, 0.717) is 31.9 Å². The minimum atomic E-state index is -2.54. The highest BCUT2D eigenvalue weighted by atomic mass is 28.4. The molecule has 1 N–H and O–H groups in total. The van der Waals surface area contributed by atoms with Crippen LogP contribution in [0.5, 0.6) is 0 Å². The summed E-state index contributed by atoms with van der Waals surface area (Å²) in [4.78, 5) is 0. The fraction of sp³-hybridized carbons (Fsp3) is 0.625. The predicted molar refractivity (Wildman–Crippen MR) is 88.0 cm³/mol. The molecule has 0 unspecified atom stereocenters. The molecule has 0 saturated heterocycles. The first kappa shape index (κ1) is 19.0. The molecule has 22 heavy (non-hydrogen) atoms. The number of nitrogens with one attached hydrogen (secondary N) is 1. The average molecular weight is 326 g/mol. The van der Waals surface area contributed by atoms with Gasteiger partial charge in [0.15, 0.2) is 0 Å². The van der Waals surface area contributed by atoms with E-state index < -0.39 is 8.80 Å². The predicted octanol–water partition coefficient (Wildman–Crippen LogP) is 2.10. The Hall–Kier alpha value is -1.08. The molecule has 0 saturated carbocycles. The van der Waals surface area contributed by atoms with E-state index in [1.54, 1.807) is 0 Å². The van der Waals surface area contributed by atoms with E-state index in [4.69, 9.17) is 13.3 Å². The number of unbranched alkanes of at least 4 members (excludes halogenated alkanes) is 1. The maximum absolute atomic E-state index is 11.8. The highest BCUT2D eigenvalue weighted by Crippen LogP contribution is 2.19. The van der Waals surface area contributed by atoms with Crippen molar-refractivity contribution in [3.05, 3.63) is 35.8 Å². The van der Waals surface area contributed by atoms with Crippen molar-refractivity contribution < 1.29 is 18.4 Å². The van der Waals surface area contributed by atoms with Gasteiger partial charge in [-0.1, -0.05) is 24.3 Å². The molecule has 0 atom stereocenters. The van der Waals surface area contributed by atoms with Gasteiger partial charge < -0.3 is 23.7 Å². The minimum absolute atomic E-state index is 0.0204. The van der Waals surface area contributed by atoms with Crippen LogP contribution in [0.2, 0.25) is 6.04 Å². The Labute approximate surface area is 135 Å². The van der Waals surface area contributed by atoms with Crippen LogP contribution in [0, 0.1) is 0 Å². The molecule has 1 aliphatic rings. The van der Waals surface area contributed by atoms with E-state index >= 15 is 0 Å². The maximum Gasteiger partial charge on any atom is 0.500 e. The van der Waals surface area contributed by atoms with E-state index in [1.165, 1.54) is 0 Å². The van der Waals surface area contributed by atoms with Crippen LogP contribution >= 0.6 is 0 Å². The fourth-order valence-electron chi connectivity index (χ4n) is 2.30. The van der Waals surface area contributed by atoms with E-state index in [2.05, 4.69) is 5.32 Å². The lowest BCUT2D eigenvalue weighted by molar-refractivity contribution is -0.312. The molecule has 5 nitrogen and oxygen atoms in total. The van der Waals surface area contributed by atoms with Gasteiger partial charge in [-0.05, 0) is 45.1 Å². The van der Waals surface area contributed by atoms with Gasteiger partial charge >= 0.3 is 8.80 Å². The molecule has 0 radical (unpaired) electrons. The lowest BCUT2D eigenvalue weighted by atomic mass is 10.3. The van der Waals surface area contributed by atoms with Crippen LogP contribution < -0.4 is 10.4 Å². The van der Waals surface area contributed by atoms with Gasteiger partial charge in [0, 0.05) is 32.4 Å². The number of rotatable bonds is 12. The van der Waals surface area contributed by atoms with E-state index in [1.807, 2.05) is 45.1 Å². The molecule has 0 aromatic heterocycles. The normalized spacial score (nSPS) is 13.9. The largest absolute Gasteiger partial charge is 0.860 e. The van der Waals surface area contributed by atoms with Crippen LogP contribution in [0.25, 0.3) is 0 Å². The number of allylic oxidation sites excluding steroid dienone is 5. The van der Waals surface area contributed by atoms with Crippen LogP contribution in [0.15, 0.2) is 35.8 Å². The molecule has 0 aliphatic heterocycles. The summed E-state index contributed by atoms with van der Waals surface area (Å²) in [6.45, 7) is 8.32. The summed E-state index contributed by atoms with van der Waals surface area (Å²) in [7, 11) is -2.54. The lowest BCUT2D eigenvalue weighted by Crippen LogP contribution is -2.46. The van der Waals surface area contributed by atoms with Crippen LogP contribution in [0.4, 0.5) is 0 Å². The molecule has 0 aromatic carbocycles. The van der Waals surface area contributed by atoms with Crippen molar-refractivity contribution in [3.8, 4) is 0 Å². The third kappa shape index (κ3) is 6.35. The molecule has 0 fully saturated rings. The summed E-state index contributed by atoms with van der Waals surface area (Å²) in [5.74, 6) is -0.0204.